The van der Waals surface area contributed by atoms with Gasteiger partial charge in [0.15, 0.2) is 0 Å². The number of piperazine rings is 1. The summed E-state index contributed by atoms with van der Waals surface area (Å²) in [6.45, 7) is 8.03. The van der Waals surface area contributed by atoms with Crippen LogP contribution in [0.25, 0.3) is 11.3 Å². The number of aryl methyl sites for hydroxylation is 2. The van der Waals surface area contributed by atoms with Gasteiger partial charge in [-0.2, -0.15) is 5.10 Å². The van der Waals surface area contributed by atoms with E-state index in [0.717, 1.165) is 43.4 Å². The second-order valence-electron chi connectivity index (χ2n) is 5.18. The molecule has 0 atom stereocenters. The maximum absolute atomic E-state index is 4.66. The van der Waals surface area contributed by atoms with E-state index in [9.17, 15) is 0 Å². The van der Waals surface area contributed by atoms with E-state index in [4.69, 9.17) is 0 Å². The van der Waals surface area contributed by atoms with Gasteiger partial charge in [-0.1, -0.05) is 12.1 Å². The topological polar surface area (TPSA) is 53.9 Å². The Labute approximate surface area is 119 Å². The lowest BCUT2D eigenvalue weighted by atomic mass is 10.0. The number of hydrogen-bond acceptors (Lipinski definition) is 5. The van der Waals surface area contributed by atoms with Gasteiger partial charge in [-0.25, -0.2) is 4.98 Å². The quantitative estimate of drug-likeness (QED) is 0.896. The number of anilines is 1. The van der Waals surface area contributed by atoms with E-state index in [1.807, 2.05) is 0 Å². The monoisotopic (exact) mass is 269 g/mol. The van der Waals surface area contributed by atoms with Crippen LogP contribution in [0.3, 0.4) is 0 Å². The molecular formula is C15H19N5. The van der Waals surface area contributed by atoms with E-state index in [2.05, 4.69) is 57.4 Å². The summed E-state index contributed by atoms with van der Waals surface area (Å²) in [6.07, 6.45) is 1.73. The molecule has 1 aliphatic heterocycles. The number of rotatable bonds is 2. The van der Waals surface area contributed by atoms with Gasteiger partial charge in [0.05, 0.1) is 11.9 Å². The summed E-state index contributed by atoms with van der Waals surface area (Å²) in [5, 5.41) is 11.6. The molecule has 0 bridgehead atoms. The first-order valence-electron chi connectivity index (χ1n) is 6.97. The molecule has 0 aliphatic carbocycles. The lowest BCUT2D eigenvalue weighted by molar-refractivity contribution is 0.577. The molecule has 1 aliphatic rings. The molecule has 1 aromatic carbocycles. The van der Waals surface area contributed by atoms with Crippen molar-refractivity contribution in [3.8, 4) is 11.3 Å². The highest BCUT2D eigenvalue weighted by Gasteiger charge is 2.14. The van der Waals surface area contributed by atoms with Gasteiger partial charge in [-0.05, 0) is 31.0 Å². The van der Waals surface area contributed by atoms with Gasteiger partial charge < -0.3 is 10.2 Å². The molecule has 1 saturated heterocycles. The van der Waals surface area contributed by atoms with E-state index >= 15 is 0 Å². The fraction of sp³-hybridized carbons (Fsp3) is 0.400. The Morgan fingerprint density at radius 1 is 1.10 bits per heavy atom. The third kappa shape index (κ3) is 2.63. The van der Waals surface area contributed by atoms with Crippen molar-refractivity contribution in [2.45, 2.75) is 13.8 Å². The van der Waals surface area contributed by atoms with Crippen molar-refractivity contribution in [3.05, 3.63) is 35.5 Å². The molecule has 5 nitrogen and oxygen atoms in total. The number of nitrogens with zero attached hydrogens (tertiary/aromatic N) is 4. The Hall–Kier alpha value is -2.01. The van der Waals surface area contributed by atoms with Crippen LogP contribution < -0.4 is 10.2 Å². The molecule has 0 amide bonds. The SMILES string of the molecule is Cc1ccc(-c2cnnc(N3CCNCC3)n2)cc1C. The van der Waals surface area contributed by atoms with Crippen LogP contribution in [-0.4, -0.2) is 41.4 Å². The zero-order chi connectivity index (χ0) is 13.9. The Kier molecular flexibility index (Phi) is 3.60. The zero-order valence-electron chi connectivity index (χ0n) is 11.9. The average Bonchev–Trinajstić information content (AvgIpc) is 2.51. The average molecular weight is 269 g/mol. The number of benzene rings is 1. The van der Waals surface area contributed by atoms with Crippen molar-refractivity contribution >= 4 is 5.95 Å². The first-order chi connectivity index (χ1) is 9.74. The molecule has 2 heterocycles. The molecule has 3 rings (SSSR count). The van der Waals surface area contributed by atoms with E-state index in [1.54, 1.807) is 6.20 Å². The standard InChI is InChI=1S/C15H19N5/c1-11-3-4-13(9-12(11)2)14-10-17-19-15(18-14)20-7-5-16-6-8-20/h3-4,9-10,16H,5-8H2,1-2H3. The van der Waals surface area contributed by atoms with Crippen LogP contribution >= 0.6 is 0 Å². The molecule has 1 N–H and O–H groups in total. The van der Waals surface area contributed by atoms with Gasteiger partial charge in [0, 0.05) is 31.7 Å². The molecule has 0 saturated carbocycles. The highest BCUT2D eigenvalue weighted by Crippen LogP contribution is 2.21. The summed E-state index contributed by atoms with van der Waals surface area (Å²) >= 11 is 0. The maximum atomic E-state index is 4.66. The van der Waals surface area contributed by atoms with E-state index < -0.39 is 0 Å². The van der Waals surface area contributed by atoms with Gasteiger partial charge in [-0.15, -0.1) is 5.10 Å². The summed E-state index contributed by atoms with van der Waals surface area (Å²) in [4.78, 5) is 6.84. The van der Waals surface area contributed by atoms with Crippen molar-refractivity contribution < 1.29 is 0 Å². The molecule has 20 heavy (non-hydrogen) atoms. The minimum atomic E-state index is 0.724. The molecule has 5 heteroatoms. The van der Waals surface area contributed by atoms with Crippen LogP contribution in [0.2, 0.25) is 0 Å². The first-order valence-corrected chi connectivity index (χ1v) is 6.97. The van der Waals surface area contributed by atoms with Gasteiger partial charge in [0.25, 0.3) is 0 Å². The molecule has 0 radical (unpaired) electrons. The van der Waals surface area contributed by atoms with Crippen LogP contribution in [0.1, 0.15) is 11.1 Å². The largest absolute Gasteiger partial charge is 0.337 e. The molecule has 0 spiro atoms. The molecule has 104 valence electrons. The van der Waals surface area contributed by atoms with Crippen LogP contribution in [0.15, 0.2) is 24.4 Å². The predicted molar refractivity (Wildman–Crippen MR) is 79.8 cm³/mol. The Morgan fingerprint density at radius 2 is 1.90 bits per heavy atom. The fourth-order valence-electron chi connectivity index (χ4n) is 2.33. The van der Waals surface area contributed by atoms with E-state index in [0.29, 0.717) is 0 Å². The van der Waals surface area contributed by atoms with Crippen LogP contribution in [0, 0.1) is 13.8 Å². The normalized spacial score (nSPS) is 15.4. The van der Waals surface area contributed by atoms with Gasteiger partial charge >= 0.3 is 0 Å². The van der Waals surface area contributed by atoms with Crippen molar-refractivity contribution in [1.29, 1.82) is 0 Å². The summed E-state index contributed by atoms with van der Waals surface area (Å²) in [6, 6.07) is 6.37. The Morgan fingerprint density at radius 3 is 2.65 bits per heavy atom. The summed E-state index contributed by atoms with van der Waals surface area (Å²) < 4.78 is 0. The minimum absolute atomic E-state index is 0.724. The third-order valence-corrected chi connectivity index (χ3v) is 3.75. The molecule has 1 aromatic heterocycles. The van der Waals surface area contributed by atoms with Crippen molar-refractivity contribution in [3.63, 3.8) is 0 Å². The highest BCUT2D eigenvalue weighted by atomic mass is 15.3. The zero-order valence-corrected chi connectivity index (χ0v) is 11.9. The second kappa shape index (κ2) is 5.54. The molecular weight excluding hydrogens is 250 g/mol. The van der Waals surface area contributed by atoms with Gasteiger partial charge in [-0.3, -0.25) is 0 Å². The van der Waals surface area contributed by atoms with E-state index in [1.165, 1.54) is 11.1 Å². The smallest absolute Gasteiger partial charge is 0.245 e. The predicted octanol–water partition coefficient (Wildman–Crippen LogP) is 1.57. The third-order valence-electron chi connectivity index (χ3n) is 3.75. The van der Waals surface area contributed by atoms with Crippen molar-refractivity contribution in [2.24, 2.45) is 0 Å². The summed E-state index contributed by atoms with van der Waals surface area (Å²) in [5.74, 6) is 0.724. The highest BCUT2D eigenvalue weighted by molar-refractivity contribution is 5.61. The van der Waals surface area contributed by atoms with Gasteiger partial charge in [0.1, 0.15) is 0 Å². The molecule has 1 fully saturated rings. The van der Waals surface area contributed by atoms with Crippen LogP contribution in [-0.2, 0) is 0 Å². The second-order valence-corrected chi connectivity index (χ2v) is 5.18. The maximum Gasteiger partial charge on any atom is 0.245 e. The number of aromatic nitrogens is 3. The van der Waals surface area contributed by atoms with Crippen LogP contribution in [0.4, 0.5) is 5.95 Å². The Bertz CT molecular complexity index is 605. The number of hydrogen-bond donors (Lipinski definition) is 1. The van der Waals surface area contributed by atoms with Crippen molar-refractivity contribution in [1.82, 2.24) is 20.5 Å². The van der Waals surface area contributed by atoms with Crippen molar-refractivity contribution in [2.75, 3.05) is 31.1 Å². The lowest BCUT2D eigenvalue weighted by Gasteiger charge is -2.26. The number of nitrogens with one attached hydrogen (secondary N) is 1. The summed E-state index contributed by atoms with van der Waals surface area (Å²) in [5.41, 5.74) is 4.54. The lowest BCUT2D eigenvalue weighted by Crippen LogP contribution is -2.44. The van der Waals surface area contributed by atoms with Gasteiger partial charge in [0.2, 0.25) is 5.95 Å². The fourth-order valence-corrected chi connectivity index (χ4v) is 2.33. The van der Waals surface area contributed by atoms with Crippen LogP contribution in [0.5, 0.6) is 0 Å². The van der Waals surface area contributed by atoms with E-state index in [-0.39, 0.29) is 0 Å². The Balaban J connectivity index is 1.91. The first kappa shape index (κ1) is 13.0. The minimum Gasteiger partial charge on any atom is -0.337 e. The molecule has 0 unspecified atom stereocenters. The molecule has 2 aromatic rings. The summed E-state index contributed by atoms with van der Waals surface area (Å²) in [7, 11) is 0.